The highest BCUT2D eigenvalue weighted by atomic mass is 16.6. The predicted octanol–water partition coefficient (Wildman–Crippen LogP) is 2.85. The van der Waals surface area contributed by atoms with Crippen LogP contribution >= 0.6 is 0 Å². The standard InChI is InChI=1S/C11H13NO6.C7H7NO4/c1-8(13)17-5-6-18-11-7-9(12(14)15)3-4-10(11)16-2;1-12-7-3-2-5(8(10)11)4-6(7)9/h3-4,7H,5-6H2,1-2H3;2-4,9H,1H3. The number of hydrogen-bond acceptors (Lipinski definition) is 10. The summed E-state index contributed by atoms with van der Waals surface area (Å²) in [5.74, 6) is 0.194. The number of non-ortho nitro benzene ring substituents is 2. The number of ether oxygens (including phenoxy) is 4. The summed E-state index contributed by atoms with van der Waals surface area (Å²) in [5.41, 5.74) is -0.258. The quantitative estimate of drug-likeness (QED) is 0.289. The number of nitrogens with zero attached hydrogens (tertiary/aromatic N) is 2. The topological polar surface area (TPSA) is 160 Å². The maximum atomic E-state index is 10.6. The van der Waals surface area contributed by atoms with E-state index in [0.717, 1.165) is 6.07 Å². The van der Waals surface area contributed by atoms with E-state index in [1.165, 1.54) is 51.5 Å². The molecule has 0 fully saturated rings. The van der Waals surface area contributed by atoms with Gasteiger partial charge in [0.1, 0.15) is 13.2 Å². The first-order chi connectivity index (χ1) is 14.2. The van der Waals surface area contributed by atoms with Crippen molar-refractivity contribution in [3.63, 3.8) is 0 Å². The molecule has 0 amide bonds. The predicted molar refractivity (Wildman–Crippen MR) is 103 cm³/mol. The fourth-order valence-electron chi connectivity index (χ4n) is 2.02. The lowest BCUT2D eigenvalue weighted by atomic mass is 10.3. The fraction of sp³-hybridized carbons (Fsp3) is 0.278. The molecule has 0 saturated carbocycles. The van der Waals surface area contributed by atoms with Crippen LogP contribution in [-0.4, -0.2) is 48.4 Å². The number of phenols is 1. The molecule has 0 heterocycles. The van der Waals surface area contributed by atoms with Crippen molar-refractivity contribution >= 4 is 17.3 Å². The van der Waals surface area contributed by atoms with Crippen molar-refractivity contribution < 1.29 is 38.7 Å². The molecule has 30 heavy (non-hydrogen) atoms. The minimum absolute atomic E-state index is 0.0706. The molecule has 1 N–H and O–H groups in total. The van der Waals surface area contributed by atoms with Crippen LogP contribution in [0.4, 0.5) is 11.4 Å². The Morgan fingerprint density at radius 1 is 0.900 bits per heavy atom. The second-order valence-electron chi connectivity index (χ2n) is 5.39. The summed E-state index contributed by atoms with van der Waals surface area (Å²) in [6.07, 6.45) is 0. The first-order valence-corrected chi connectivity index (χ1v) is 8.29. The molecule has 0 atom stereocenters. The molecule has 0 unspecified atom stereocenters. The van der Waals surface area contributed by atoms with Gasteiger partial charge >= 0.3 is 5.97 Å². The first-order valence-electron chi connectivity index (χ1n) is 8.29. The summed E-state index contributed by atoms with van der Waals surface area (Å²) in [4.78, 5) is 30.2. The van der Waals surface area contributed by atoms with Crippen LogP contribution in [0.2, 0.25) is 0 Å². The minimum Gasteiger partial charge on any atom is -0.504 e. The van der Waals surface area contributed by atoms with Gasteiger partial charge in [0.25, 0.3) is 11.4 Å². The Morgan fingerprint density at radius 2 is 1.43 bits per heavy atom. The lowest BCUT2D eigenvalue weighted by Gasteiger charge is -2.10. The third-order valence-electron chi connectivity index (χ3n) is 3.38. The Kier molecular flexibility index (Phi) is 9.33. The molecule has 0 aliphatic carbocycles. The minimum atomic E-state index is -0.584. The molecule has 0 aliphatic rings. The van der Waals surface area contributed by atoms with Gasteiger partial charge in [-0.3, -0.25) is 25.0 Å². The highest BCUT2D eigenvalue weighted by Crippen LogP contribution is 2.31. The smallest absolute Gasteiger partial charge is 0.302 e. The van der Waals surface area contributed by atoms with Crippen molar-refractivity contribution in [1.29, 1.82) is 0 Å². The maximum absolute atomic E-state index is 10.6. The monoisotopic (exact) mass is 424 g/mol. The highest BCUT2D eigenvalue weighted by Gasteiger charge is 2.12. The van der Waals surface area contributed by atoms with Gasteiger partial charge in [-0.25, -0.2) is 0 Å². The Bertz CT molecular complexity index is 901. The van der Waals surface area contributed by atoms with E-state index in [1.807, 2.05) is 0 Å². The summed E-state index contributed by atoms with van der Waals surface area (Å²) in [7, 11) is 2.81. The first kappa shape index (κ1) is 23.9. The van der Waals surface area contributed by atoms with Crippen LogP contribution in [0.5, 0.6) is 23.0 Å². The Hall–Kier alpha value is -4.09. The molecule has 2 aromatic carbocycles. The molecule has 12 heteroatoms. The van der Waals surface area contributed by atoms with E-state index in [9.17, 15) is 25.0 Å². The lowest BCUT2D eigenvalue weighted by molar-refractivity contribution is -0.385. The Balaban J connectivity index is 0.000000325. The van der Waals surface area contributed by atoms with E-state index < -0.39 is 15.8 Å². The van der Waals surface area contributed by atoms with Gasteiger partial charge in [0, 0.05) is 19.1 Å². The normalized spacial score (nSPS) is 9.57. The van der Waals surface area contributed by atoms with Crippen molar-refractivity contribution in [2.75, 3.05) is 27.4 Å². The van der Waals surface area contributed by atoms with Gasteiger partial charge < -0.3 is 24.1 Å². The zero-order valence-electron chi connectivity index (χ0n) is 16.4. The van der Waals surface area contributed by atoms with Gasteiger partial charge in [-0.1, -0.05) is 0 Å². The number of hydrogen-bond donors (Lipinski definition) is 1. The molecule has 0 aliphatic heterocycles. The SMILES string of the molecule is COc1ccc([N+](=O)[O-])cc1O.COc1ccc([N+](=O)[O-])cc1OCCOC(C)=O. The molecule has 0 saturated heterocycles. The zero-order chi connectivity index (χ0) is 22.7. The third-order valence-corrected chi connectivity index (χ3v) is 3.38. The van der Waals surface area contributed by atoms with Gasteiger partial charge in [0.05, 0.1) is 36.2 Å². The van der Waals surface area contributed by atoms with Gasteiger partial charge in [0.2, 0.25) is 0 Å². The third kappa shape index (κ3) is 7.50. The average Bonchev–Trinajstić information content (AvgIpc) is 2.71. The van der Waals surface area contributed by atoms with Gasteiger partial charge in [-0.2, -0.15) is 0 Å². The van der Waals surface area contributed by atoms with Crippen LogP contribution in [-0.2, 0) is 9.53 Å². The van der Waals surface area contributed by atoms with Crippen molar-refractivity contribution in [2.24, 2.45) is 0 Å². The van der Waals surface area contributed by atoms with E-state index >= 15 is 0 Å². The number of carbonyl (C=O) groups is 1. The molecule has 0 spiro atoms. The molecule has 0 bridgehead atoms. The summed E-state index contributed by atoms with van der Waals surface area (Å²) in [6.45, 7) is 1.45. The number of benzene rings is 2. The lowest BCUT2D eigenvalue weighted by Crippen LogP contribution is -2.10. The van der Waals surface area contributed by atoms with E-state index in [2.05, 4.69) is 4.74 Å². The molecule has 12 nitrogen and oxygen atoms in total. The Labute approximate surface area is 170 Å². The second-order valence-corrected chi connectivity index (χ2v) is 5.39. The highest BCUT2D eigenvalue weighted by molar-refractivity contribution is 5.65. The fourth-order valence-corrected chi connectivity index (χ4v) is 2.02. The van der Waals surface area contributed by atoms with Crippen LogP contribution in [0, 0.1) is 20.2 Å². The summed E-state index contributed by atoms with van der Waals surface area (Å²) in [5, 5.41) is 29.9. The molecule has 162 valence electrons. The second kappa shape index (κ2) is 11.7. The summed E-state index contributed by atoms with van der Waals surface area (Å²) in [6, 6.07) is 7.66. The number of methoxy groups -OCH3 is 2. The number of nitro benzene ring substituents is 2. The van der Waals surface area contributed by atoms with Crippen LogP contribution in [0.3, 0.4) is 0 Å². The Morgan fingerprint density at radius 3 is 1.90 bits per heavy atom. The molecular formula is C18H20N2O10. The number of esters is 1. The molecule has 0 aromatic heterocycles. The van der Waals surface area contributed by atoms with Crippen LogP contribution in [0.15, 0.2) is 36.4 Å². The van der Waals surface area contributed by atoms with Gasteiger partial charge in [-0.05, 0) is 12.1 Å². The molecule has 2 aromatic rings. The van der Waals surface area contributed by atoms with Gasteiger partial charge in [0.15, 0.2) is 23.0 Å². The number of nitro groups is 2. The van der Waals surface area contributed by atoms with Crippen LogP contribution in [0.1, 0.15) is 6.92 Å². The number of aromatic hydroxyl groups is 1. The summed E-state index contributed by atoms with van der Waals surface area (Å²) < 4.78 is 19.6. The van der Waals surface area contributed by atoms with Crippen molar-refractivity contribution in [3.8, 4) is 23.0 Å². The van der Waals surface area contributed by atoms with E-state index in [4.69, 9.17) is 19.3 Å². The van der Waals surface area contributed by atoms with E-state index in [-0.39, 0.29) is 41.8 Å². The van der Waals surface area contributed by atoms with Gasteiger partial charge in [-0.15, -0.1) is 0 Å². The van der Waals surface area contributed by atoms with Crippen molar-refractivity contribution in [1.82, 2.24) is 0 Å². The molecule has 0 radical (unpaired) electrons. The number of carbonyl (C=O) groups excluding carboxylic acids is 1. The van der Waals surface area contributed by atoms with Crippen LogP contribution in [0.25, 0.3) is 0 Å². The summed E-state index contributed by atoms with van der Waals surface area (Å²) >= 11 is 0. The van der Waals surface area contributed by atoms with Crippen molar-refractivity contribution in [3.05, 3.63) is 56.6 Å². The zero-order valence-corrected chi connectivity index (χ0v) is 16.4. The van der Waals surface area contributed by atoms with Crippen LogP contribution < -0.4 is 14.2 Å². The molecule has 2 rings (SSSR count). The number of rotatable bonds is 8. The van der Waals surface area contributed by atoms with E-state index in [1.54, 1.807) is 0 Å². The van der Waals surface area contributed by atoms with Crippen molar-refractivity contribution in [2.45, 2.75) is 6.92 Å². The van der Waals surface area contributed by atoms with E-state index in [0.29, 0.717) is 5.75 Å². The molecular weight excluding hydrogens is 404 g/mol. The maximum Gasteiger partial charge on any atom is 0.302 e. The number of phenolic OH excluding ortho intramolecular Hbond substituents is 1. The average molecular weight is 424 g/mol. The largest absolute Gasteiger partial charge is 0.504 e.